The molecule has 2 heterocycles. The van der Waals surface area contributed by atoms with Crippen molar-refractivity contribution >= 4 is 17.4 Å². The smallest absolute Gasteiger partial charge is 0.416 e. The minimum atomic E-state index is -4.48. The first-order valence-electron chi connectivity index (χ1n) is 12.0. The monoisotopic (exact) mass is 509 g/mol. The molecule has 8 heteroatoms. The second-order valence-corrected chi connectivity index (χ2v) is 10.9. The number of hydrogen-bond acceptors (Lipinski definition) is 4. The van der Waals surface area contributed by atoms with Crippen LogP contribution in [0.3, 0.4) is 0 Å². The Kier molecular flexibility index (Phi) is 6.79. The van der Waals surface area contributed by atoms with E-state index in [0.717, 1.165) is 42.2 Å². The number of nitrogens with one attached hydrogen (secondary N) is 1. The van der Waals surface area contributed by atoms with Gasteiger partial charge in [-0.05, 0) is 74.2 Å². The van der Waals surface area contributed by atoms with Gasteiger partial charge in [0.2, 0.25) is 0 Å². The lowest BCUT2D eigenvalue weighted by atomic mass is 9.82. The van der Waals surface area contributed by atoms with Gasteiger partial charge < -0.3 is 10.1 Å². The Morgan fingerprint density at radius 2 is 1.57 bits per heavy atom. The first-order valence-corrected chi connectivity index (χ1v) is 12.0. The minimum absolute atomic E-state index is 0.0162. The van der Waals surface area contributed by atoms with Crippen molar-refractivity contribution < 1.29 is 22.7 Å². The minimum Gasteiger partial charge on any atom is -0.422 e. The summed E-state index contributed by atoms with van der Waals surface area (Å²) in [5.41, 5.74) is 0.877. The number of anilines is 1. The van der Waals surface area contributed by atoms with Crippen molar-refractivity contribution in [2.24, 2.45) is 5.41 Å². The third kappa shape index (κ3) is 6.13. The number of hydrogen-bond donors (Lipinski definition) is 1. The van der Waals surface area contributed by atoms with Crippen molar-refractivity contribution in [1.82, 2.24) is 9.38 Å². The van der Waals surface area contributed by atoms with Crippen molar-refractivity contribution in [3.63, 3.8) is 0 Å². The molecule has 5 nitrogen and oxygen atoms in total. The van der Waals surface area contributed by atoms with Gasteiger partial charge in [0.05, 0.1) is 11.1 Å². The number of carbonyl (C=O) groups excluding carboxylic acids is 1. The normalized spacial score (nSPS) is 12.5. The Morgan fingerprint density at radius 3 is 2.22 bits per heavy atom. The highest BCUT2D eigenvalue weighted by Gasteiger charge is 2.31. The Morgan fingerprint density at radius 1 is 0.919 bits per heavy atom. The first-order chi connectivity index (χ1) is 17.2. The third-order valence-electron chi connectivity index (χ3n) is 5.75. The van der Waals surface area contributed by atoms with Crippen LogP contribution in [-0.2, 0) is 6.18 Å². The summed E-state index contributed by atoms with van der Waals surface area (Å²) in [6, 6.07) is 16.6. The maximum Gasteiger partial charge on any atom is 0.416 e. The molecule has 0 bridgehead atoms. The van der Waals surface area contributed by atoms with E-state index in [1.807, 2.05) is 34.9 Å². The largest absolute Gasteiger partial charge is 0.422 e. The molecule has 37 heavy (non-hydrogen) atoms. The fraction of sp³-hybridized carbons (Fsp3) is 0.310. The van der Waals surface area contributed by atoms with Crippen molar-refractivity contribution in [2.45, 2.75) is 52.8 Å². The van der Waals surface area contributed by atoms with E-state index in [2.05, 4.69) is 39.9 Å². The average Bonchev–Trinajstić information content (AvgIpc) is 3.15. The van der Waals surface area contributed by atoms with E-state index >= 15 is 0 Å². The van der Waals surface area contributed by atoms with Crippen molar-refractivity contribution in [3.05, 3.63) is 84.1 Å². The Labute approximate surface area is 214 Å². The molecular weight excluding hydrogens is 479 g/mol. The lowest BCUT2D eigenvalue weighted by molar-refractivity contribution is -0.137. The van der Waals surface area contributed by atoms with Crippen molar-refractivity contribution in [3.8, 4) is 17.0 Å². The summed E-state index contributed by atoms with van der Waals surface area (Å²) in [6.45, 7) is 10.8. The second kappa shape index (κ2) is 9.57. The van der Waals surface area contributed by atoms with Gasteiger partial charge in [-0.2, -0.15) is 13.2 Å². The number of halogens is 3. The first kappa shape index (κ1) is 26.3. The van der Waals surface area contributed by atoms with Crippen LogP contribution < -0.4 is 10.1 Å². The molecule has 0 aliphatic rings. The van der Waals surface area contributed by atoms with Crippen molar-refractivity contribution in [1.29, 1.82) is 0 Å². The van der Waals surface area contributed by atoms with E-state index in [1.165, 1.54) is 0 Å². The quantitative estimate of drug-likeness (QED) is 0.212. The molecule has 1 N–H and O–H groups in total. The number of para-hydroxylation sites is 1. The Hall–Kier alpha value is -3.81. The lowest BCUT2D eigenvalue weighted by Gasteiger charge is -2.34. The zero-order valence-electron chi connectivity index (χ0n) is 21.5. The zero-order valence-corrected chi connectivity index (χ0v) is 21.5. The summed E-state index contributed by atoms with van der Waals surface area (Å²) in [5, 5.41) is 3.65. The molecule has 4 rings (SSSR count). The summed E-state index contributed by atoms with van der Waals surface area (Å²) >= 11 is 0. The lowest BCUT2D eigenvalue weighted by Crippen LogP contribution is -2.36. The van der Waals surface area contributed by atoms with Crippen LogP contribution in [0.15, 0.2) is 72.9 Å². The molecule has 0 atom stereocenters. The number of benzene rings is 2. The molecule has 0 unspecified atom stereocenters. The van der Waals surface area contributed by atoms with Gasteiger partial charge in [-0.25, -0.2) is 9.78 Å². The summed E-state index contributed by atoms with van der Waals surface area (Å²) in [5.74, 6) is 0.253. The fourth-order valence-corrected chi connectivity index (χ4v) is 4.70. The van der Waals surface area contributed by atoms with E-state index in [0.29, 0.717) is 11.3 Å². The molecule has 0 saturated carbocycles. The predicted molar refractivity (Wildman–Crippen MR) is 139 cm³/mol. The van der Waals surface area contributed by atoms with E-state index in [-0.39, 0.29) is 22.3 Å². The Balaban J connectivity index is 1.72. The van der Waals surface area contributed by atoms with Gasteiger partial charge in [-0.1, -0.05) is 39.0 Å². The molecule has 0 aliphatic carbocycles. The molecule has 0 aliphatic heterocycles. The molecule has 2 aromatic carbocycles. The topological polar surface area (TPSA) is 55.6 Å². The van der Waals surface area contributed by atoms with E-state index < -0.39 is 17.7 Å². The van der Waals surface area contributed by atoms with Gasteiger partial charge in [0.15, 0.2) is 0 Å². The number of pyridine rings is 1. The number of carbonyl (C=O) groups is 1. The molecule has 0 radical (unpaired) electrons. The molecule has 0 fully saturated rings. The second-order valence-electron chi connectivity index (χ2n) is 10.9. The molecule has 0 spiro atoms. The summed E-state index contributed by atoms with van der Waals surface area (Å²) in [4.78, 5) is 17.7. The number of esters is 1. The van der Waals surface area contributed by atoms with E-state index in [9.17, 15) is 18.0 Å². The van der Waals surface area contributed by atoms with Gasteiger partial charge in [0.1, 0.15) is 22.9 Å². The van der Waals surface area contributed by atoms with Crippen LogP contribution in [0.4, 0.5) is 19.0 Å². The van der Waals surface area contributed by atoms with Crippen molar-refractivity contribution in [2.75, 3.05) is 5.32 Å². The van der Waals surface area contributed by atoms with E-state index in [1.54, 1.807) is 18.2 Å². The maximum absolute atomic E-state index is 12.9. The summed E-state index contributed by atoms with van der Waals surface area (Å²) in [7, 11) is 0. The summed E-state index contributed by atoms with van der Waals surface area (Å²) in [6.07, 6.45) is -1.69. The standard InChI is InChI=1S/C29H30F3N3O2/c1-27(2,3)18-28(4,5)34-25-24(33-23-12-8-9-17-35(23)25)21-10-6-7-11-22(21)37-26(36)19-13-15-20(16-14-19)29(30,31)32/h6-17,34H,18H2,1-5H3. The van der Waals surface area contributed by atoms with Crippen LogP contribution in [-0.4, -0.2) is 20.9 Å². The summed E-state index contributed by atoms with van der Waals surface area (Å²) < 4.78 is 46.4. The fourth-order valence-electron chi connectivity index (χ4n) is 4.70. The van der Waals surface area contributed by atoms with Crippen LogP contribution in [0.2, 0.25) is 0 Å². The number of ether oxygens (including phenoxy) is 1. The number of alkyl halides is 3. The highest BCUT2D eigenvalue weighted by Crippen LogP contribution is 2.38. The SMILES string of the molecule is CC(C)(C)CC(C)(C)Nc1c(-c2ccccc2OC(=O)c2ccc(C(F)(F)F)cc2)nc2ccccn12. The molecule has 0 amide bonds. The number of rotatable bonds is 6. The van der Waals surface area contributed by atoms with E-state index in [4.69, 9.17) is 9.72 Å². The van der Waals surface area contributed by atoms with Crippen LogP contribution in [0, 0.1) is 5.41 Å². The number of nitrogens with zero attached hydrogens (tertiary/aromatic N) is 2. The molecular formula is C29H30F3N3O2. The van der Waals surface area contributed by atoms with Crippen LogP contribution in [0.1, 0.15) is 57.0 Å². The molecule has 2 aromatic heterocycles. The molecule has 0 saturated heterocycles. The average molecular weight is 510 g/mol. The number of aromatic nitrogens is 2. The van der Waals surface area contributed by atoms with Gasteiger partial charge in [0, 0.05) is 17.3 Å². The number of imidazole rings is 1. The number of fused-ring (bicyclic) bond motifs is 1. The van der Waals surface area contributed by atoms with Gasteiger partial charge in [-0.15, -0.1) is 0 Å². The highest BCUT2D eigenvalue weighted by atomic mass is 19.4. The van der Waals surface area contributed by atoms with Gasteiger partial charge in [-0.3, -0.25) is 4.40 Å². The molecule has 4 aromatic rings. The highest BCUT2D eigenvalue weighted by molar-refractivity contribution is 5.92. The molecule has 194 valence electrons. The van der Waals surface area contributed by atoms with Gasteiger partial charge >= 0.3 is 12.1 Å². The van der Waals surface area contributed by atoms with Crippen LogP contribution in [0.25, 0.3) is 16.9 Å². The van der Waals surface area contributed by atoms with Gasteiger partial charge in [0.25, 0.3) is 0 Å². The predicted octanol–water partition coefficient (Wildman–Crippen LogP) is 7.87. The van der Waals surface area contributed by atoms with Crippen LogP contribution >= 0.6 is 0 Å². The zero-order chi connectivity index (χ0) is 27.0. The third-order valence-corrected chi connectivity index (χ3v) is 5.75. The van der Waals surface area contributed by atoms with Crippen LogP contribution in [0.5, 0.6) is 5.75 Å². The maximum atomic E-state index is 12.9. The Bertz CT molecular complexity index is 1420.